The molecule has 0 fully saturated rings. The lowest BCUT2D eigenvalue weighted by molar-refractivity contribution is 0.0963. The molecule has 0 unspecified atom stereocenters. The van der Waals surface area contributed by atoms with Gasteiger partial charge in [-0.1, -0.05) is 12.1 Å². The van der Waals surface area contributed by atoms with Crippen molar-refractivity contribution in [3.8, 4) is 0 Å². The van der Waals surface area contributed by atoms with Gasteiger partial charge in [0, 0.05) is 51.4 Å². The molecule has 148 valence electrons. The van der Waals surface area contributed by atoms with Crippen LogP contribution in [0.15, 0.2) is 29.3 Å². The van der Waals surface area contributed by atoms with Gasteiger partial charge in [0.05, 0.1) is 0 Å². The molecule has 3 N–H and O–H groups in total. The van der Waals surface area contributed by atoms with Crippen molar-refractivity contribution in [3.63, 3.8) is 0 Å². The van der Waals surface area contributed by atoms with Gasteiger partial charge in [-0.3, -0.25) is 14.7 Å². The third-order valence-electron chi connectivity index (χ3n) is 4.12. The number of nitrogens with zero attached hydrogens (tertiary/aromatic N) is 2. The normalized spacial score (nSPS) is 11.5. The molecule has 0 aliphatic rings. The van der Waals surface area contributed by atoms with Crippen LogP contribution >= 0.6 is 24.0 Å². The second kappa shape index (κ2) is 12.9. The maximum Gasteiger partial charge on any atom is 0.251 e. The minimum atomic E-state index is -0.0724. The van der Waals surface area contributed by atoms with Crippen LogP contribution in [0, 0.1) is 0 Å². The zero-order chi connectivity index (χ0) is 18.8. The van der Waals surface area contributed by atoms with Gasteiger partial charge in [-0.2, -0.15) is 0 Å². The Morgan fingerprint density at radius 1 is 1.08 bits per heavy atom. The summed E-state index contributed by atoms with van der Waals surface area (Å²) < 4.78 is 0. The van der Waals surface area contributed by atoms with Crippen molar-refractivity contribution in [3.05, 3.63) is 35.4 Å². The van der Waals surface area contributed by atoms with Crippen LogP contribution in [0.2, 0.25) is 0 Å². The van der Waals surface area contributed by atoms with E-state index in [1.165, 1.54) is 0 Å². The number of hydrogen-bond acceptors (Lipinski definition) is 3. The molecule has 26 heavy (non-hydrogen) atoms. The average Bonchev–Trinajstić information content (AvgIpc) is 2.60. The van der Waals surface area contributed by atoms with Crippen LogP contribution in [0.1, 0.15) is 43.6 Å². The van der Waals surface area contributed by atoms with Crippen molar-refractivity contribution in [2.75, 3.05) is 27.2 Å². The van der Waals surface area contributed by atoms with E-state index < -0.39 is 0 Å². The van der Waals surface area contributed by atoms with Gasteiger partial charge in [-0.25, -0.2) is 0 Å². The van der Waals surface area contributed by atoms with Gasteiger partial charge in [0.1, 0.15) is 0 Å². The van der Waals surface area contributed by atoms with Crippen LogP contribution in [0.25, 0.3) is 0 Å². The molecule has 0 atom stereocenters. The topological polar surface area (TPSA) is 68.8 Å². The summed E-state index contributed by atoms with van der Waals surface area (Å²) in [5.74, 6) is 0.708. The van der Waals surface area contributed by atoms with Gasteiger partial charge >= 0.3 is 0 Å². The zero-order valence-electron chi connectivity index (χ0n) is 16.8. The van der Waals surface area contributed by atoms with E-state index >= 15 is 0 Å². The van der Waals surface area contributed by atoms with Crippen LogP contribution in [0.3, 0.4) is 0 Å². The number of aliphatic imine (C=N–C) groups is 1. The third-order valence-corrected chi connectivity index (χ3v) is 4.12. The molecule has 1 aromatic rings. The monoisotopic (exact) mass is 475 g/mol. The van der Waals surface area contributed by atoms with Crippen molar-refractivity contribution >= 4 is 35.8 Å². The first-order valence-electron chi connectivity index (χ1n) is 8.90. The molecule has 1 rings (SSSR count). The van der Waals surface area contributed by atoms with Crippen LogP contribution in [-0.4, -0.2) is 56.0 Å². The maximum absolute atomic E-state index is 11.5. The standard InChI is InChI=1S/C19H33N5O.HI/c1-14(2)24(15(3)4)12-11-22-19(21-6)23-13-16-7-9-17(10-8-16)18(25)20-5;/h7-10,14-15H,11-13H2,1-6H3,(H,20,25)(H2,21,22,23);1H. The van der Waals surface area contributed by atoms with Gasteiger partial charge in [-0.15, -0.1) is 24.0 Å². The molecular formula is C19H34IN5O. The lowest BCUT2D eigenvalue weighted by atomic mass is 10.1. The van der Waals surface area contributed by atoms with Gasteiger partial charge in [-0.05, 0) is 45.4 Å². The van der Waals surface area contributed by atoms with Crippen molar-refractivity contribution < 1.29 is 4.79 Å². The van der Waals surface area contributed by atoms with E-state index in [4.69, 9.17) is 0 Å². The molecule has 0 saturated carbocycles. The van der Waals surface area contributed by atoms with E-state index in [2.05, 4.69) is 53.5 Å². The zero-order valence-corrected chi connectivity index (χ0v) is 19.1. The van der Waals surface area contributed by atoms with Gasteiger partial charge in [0.2, 0.25) is 0 Å². The summed E-state index contributed by atoms with van der Waals surface area (Å²) in [5.41, 5.74) is 1.76. The molecule has 0 aromatic heterocycles. The van der Waals surface area contributed by atoms with E-state index in [1.54, 1.807) is 14.1 Å². The fraction of sp³-hybridized carbons (Fsp3) is 0.579. The Morgan fingerprint density at radius 3 is 2.12 bits per heavy atom. The Kier molecular flexibility index (Phi) is 12.2. The van der Waals surface area contributed by atoms with Crippen LogP contribution in [-0.2, 0) is 6.54 Å². The van der Waals surface area contributed by atoms with Crippen LogP contribution in [0.4, 0.5) is 0 Å². The summed E-state index contributed by atoms with van der Waals surface area (Å²) in [6, 6.07) is 8.60. The van der Waals surface area contributed by atoms with E-state index in [1.807, 2.05) is 24.3 Å². The van der Waals surface area contributed by atoms with Crippen molar-refractivity contribution in [1.29, 1.82) is 0 Å². The average molecular weight is 475 g/mol. The molecule has 6 nitrogen and oxygen atoms in total. The molecule has 7 heteroatoms. The highest BCUT2D eigenvalue weighted by Crippen LogP contribution is 2.05. The van der Waals surface area contributed by atoms with Crippen molar-refractivity contribution in [2.45, 2.75) is 46.3 Å². The number of carbonyl (C=O) groups excluding carboxylic acids is 1. The van der Waals surface area contributed by atoms with Gasteiger partial charge in [0.25, 0.3) is 5.91 Å². The molecule has 0 radical (unpaired) electrons. The molecule has 1 aromatic carbocycles. The van der Waals surface area contributed by atoms with Gasteiger partial charge in [0.15, 0.2) is 5.96 Å². The molecule has 0 aliphatic carbocycles. The largest absolute Gasteiger partial charge is 0.355 e. The molecule has 0 aliphatic heterocycles. The van der Waals surface area contributed by atoms with E-state index in [0.29, 0.717) is 24.2 Å². The van der Waals surface area contributed by atoms with Crippen molar-refractivity contribution in [2.24, 2.45) is 4.99 Å². The lowest BCUT2D eigenvalue weighted by Crippen LogP contribution is -2.45. The first kappa shape index (κ1) is 24.7. The summed E-state index contributed by atoms with van der Waals surface area (Å²) in [6.07, 6.45) is 0. The quantitative estimate of drug-likeness (QED) is 0.307. The predicted octanol–water partition coefficient (Wildman–Crippen LogP) is 2.45. The number of halogens is 1. The molecular weight excluding hydrogens is 441 g/mol. The summed E-state index contributed by atoms with van der Waals surface area (Å²) in [4.78, 5) is 18.2. The number of hydrogen-bond donors (Lipinski definition) is 3. The number of carbonyl (C=O) groups is 1. The first-order valence-corrected chi connectivity index (χ1v) is 8.90. The highest BCUT2D eigenvalue weighted by atomic mass is 127. The Hall–Kier alpha value is -1.35. The summed E-state index contributed by atoms with van der Waals surface area (Å²) >= 11 is 0. The summed E-state index contributed by atoms with van der Waals surface area (Å²) in [6.45, 7) is 11.3. The molecule has 1 amide bonds. The SMILES string of the molecule is CN=C(NCCN(C(C)C)C(C)C)NCc1ccc(C(=O)NC)cc1.I. The maximum atomic E-state index is 11.5. The number of guanidine groups is 1. The number of nitrogens with one attached hydrogen (secondary N) is 3. The highest BCUT2D eigenvalue weighted by molar-refractivity contribution is 14.0. The Bertz CT molecular complexity index is 550. The Morgan fingerprint density at radius 2 is 1.65 bits per heavy atom. The minimum Gasteiger partial charge on any atom is -0.355 e. The first-order chi connectivity index (χ1) is 11.9. The summed E-state index contributed by atoms with van der Waals surface area (Å²) in [7, 11) is 3.40. The van der Waals surface area contributed by atoms with Gasteiger partial charge < -0.3 is 16.0 Å². The molecule has 0 bridgehead atoms. The third kappa shape index (κ3) is 8.35. The predicted molar refractivity (Wildman–Crippen MR) is 120 cm³/mol. The molecule has 0 saturated heterocycles. The second-order valence-corrected chi connectivity index (χ2v) is 6.55. The number of benzene rings is 1. The number of amides is 1. The van der Waals surface area contributed by atoms with E-state index in [-0.39, 0.29) is 29.9 Å². The smallest absolute Gasteiger partial charge is 0.251 e. The Balaban J connectivity index is 0.00000625. The van der Waals surface area contributed by atoms with Crippen LogP contribution in [0.5, 0.6) is 0 Å². The Labute approximate surface area is 175 Å². The second-order valence-electron chi connectivity index (χ2n) is 6.55. The van der Waals surface area contributed by atoms with Crippen LogP contribution < -0.4 is 16.0 Å². The van der Waals surface area contributed by atoms with Crippen molar-refractivity contribution in [1.82, 2.24) is 20.9 Å². The lowest BCUT2D eigenvalue weighted by Gasteiger charge is -2.30. The fourth-order valence-electron chi connectivity index (χ4n) is 2.74. The number of rotatable bonds is 8. The highest BCUT2D eigenvalue weighted by Gasteiger charge is 2.12. The van der Waals surface area contributed by atoms with E-state index in [0.717, 1.165) is 24.6 Å². The molecule has 0 heterocycles. The molecule has 0 spiro atoms. The fourth-order valence-corrected chi connectivity index (χ4v) is 2.74. The summed E-state index contributed by atoms with van der Waals surface area (Å²) in [5, 5.41) is 9.27. The minimum absolute atomic E-state index is 0. The van der Waals surface area contributed by atoms with E-state index in [9.17, 15) is 4.79 Å².